The van der Waals surface area contributed by atoms with E-state index in [-0.39, 0.29) is 36.4 Å². The number of sulfonamides is 1. The normalized spacial score (nSPS) is 11.3. The Hall–Kier alpha value is -2.90. The number of benzene rings is 2. The number of hydrogen-bond acceptors (Lipinski definition) is 4. The number of anilines is 1. The minimum atomic E-state index is -3.68. The highest BCUT2D eigenvalue weighted by atomic mass is 32.2. The molecule has 2 aromatic rings. The SMILES string of the molecule is C=CCN(CC=C)S(=O)(=O)c1ccc(NC(=O)COc2ccccc2C(C)C)cc1. The molecule has 0 aliphatic rings. The maximum Gasteiger partial charge on any atom is 0.262 e. The number of carbonyl (C=O) groups excluding carboxylic acids is 1. The summed E-state index contributed by atoms with van der Waals surface area (Å²) in [5.41, 5.74) is 1.52. The Labute approximate surface area is 178 Å². The third kappa shape index (κ3) is 6.05. The van der Waals surface area contributed by atoms with E-state index in [4.69, 9.17) is 4.74 Å². The lowest BCUT2D eigenvalue weighted by atomic mass is 10.0. The summed E-state index contributed by atoms with van der Waals surface area (Å²) in [4.78, 5) is 12.4. The maximum absolute atomic E-state index is 12.7. The van der Waals surface area contributed by atoms with E-state index in [0.717, 1.165) is 5.56 Å². The van der Waals surface area contributed by atoms with Gasteiger partial charge in [0, 0.05) is 18.8 Å². The zero-order valence-corrected chi connectivity index (χ0v) is 18.2. The van der Waals surface area contributed by atoms with Crippen LogP contribution in [0.25, 0.3) is 0 Å². The van der Waals surface area contributed by atoms with Crippen LogP contribution in [-0.2, 0) is 14.8 Å². The predicted molar refractivity (Wildman–Crippen MR) is 120 cm³/mol. The van der Waals surface area contributed by atoms with E-state index in [9.17, 15) is 13.2 Å². The first-order chi connectivity index (χ1) is 14.3. The number of carbonyl (C=O) groups is 1. The third-order valence-electron chi connectivity index (χ3n) is 4.34. The van der Waals surface area contributed by atoms with Gasteiger partial charge >= 0.3 is 0 Å². The van der Waals surface area contributed by atoms with E-state index in [1.54, 1.807) is 12.1 Å². The molecule has 0 radical (unpaired) electrons. The van der Waals surface area contributed by atoms with Crippen molar-refractivity contribution in [2.45, 2.75) is 24.7 Å². The molecule has 1 amide bonds. The molecular weight excluding hydrogens is 400 g/mol. The topological polar surface area (TPSA) is 75.7 Å². The van der Waals surface area contributed by atoms with Crippen molar-refractivity contribution in [2.75, 3.05) is 25.0 Å². The summed E-state index contributed by atoms with van der Waals surface area (Å²) in [6, 6.07) is 13.6. The molecule has 1 N–H and O–H groups in total. The molecule has 0 spiro atoms. The molecule has 2 rings (SSSR count). The predicted octanol–water partition coefficient (Wildman–Crippen LogP) is 4.19. The van der Waals surface area contributed by atoms with Crippen LogP contribution in [0.5, 0.6) is 5.75 Å². The summed E-state index contributed by atoms with van der Waals surface area (Å²) in [7, 11) is -3.68. The van der Waals surface area contributed by atoms with Gasteiger partial charge < -0.3 is 10.1 Å². The van der Waals surface area contributed by atoms with Gasteiger partial charge in [-0.05, 0) is 41.8 Å². The molecule has 0 saturated carbocycles. The highest BCUT2D eigenvalue weighted by molar-refractivity contribution is 7.89. The molecule has 0 bridgehead atoms. The fourth-order valence-electron chi connectivity index (χ4n) is 2.85. The van der Waals surface area contributed by atoms with Crippen LogP contribution in [0.4, 0.5) is 5.69 Å². The van der Waals surface area contributed by atoms with Gasteiger partial charge in [0.05, 0.1) is 4.90 Å². The molecule has 160 valence electrons. The van der Waals surface area contributed by atoms with Crippen molar-refractivity contribution in [3.05, 3.63) is 79.4 Å². The van der Waals surface area contributed by atoms with Gasteiger partial charge in [-0.1, -0.05) is 44.2 Å². The Morgan fingerprint density at radius 3 is 2.23 bits per heavy atom. The molecular formula is C23H28N2O4S. The number of hydrogen-bond donors (Lipinski definition) is 1. The second kappa shape index (κ2) is 10.8. The molecule has 2 aromatic carbocycles. The lowest BCUT2D eigenvalue weighted by Crippen LogP contribution is -2.31. The smallest absolute Gasteiger partial charge is 0.262 e. The van der Waals surface area contributed by atoms with E-state index < -0.39 is 10.0 Å². The summed E-state index contributed by atoms with van der Waals surface area (Å²) in [6.07, 6.45) is 3.04. The van der Waals surface area contributed by atoms with E-state index in [2.05, 4.69) is 32.3 Å². The minimum absolute atomic E-state index is 0.131. The third-order valence-corrected chi connectivity index (χ3v) is 6.19. The number of ether oxygens (including phenoxy) is 1. The van der Waals surface area contributed by atoms with Crippen LogP contribution in [0.2, 0.25) is 0 Å². The van der Waals surface area contributed by atoms with Crippen molar-refractivity contribution in [2.24, 2.45) is 0 Å². The Morgan fingerprint density at radius 1 is 1.07 bits per heavy atom. The van der Waals surface area contributed by atoms with E-state index >= 15 is 0 Å². The maximum atomic E-state index is 12.7. The minimum Gasteiger partial charge on any atom is -0.483 e. The fraction of sp³-hybridized carbons (Fsp3) is 0.261. The zero-order valence-electron chi connectivity index (χ0n) is 17.4. The van der Waals surface area contributed by atoms with Gasteiger partial charge in [-0.2, -0.15) is 4.31 Å². The summed E-state index contributed by atoms with van der Waals surface area (Å²) >= 11 is 0. The number of amides is 1. The Balaban J connectivity index is 2.03. The van der Waals surface area contributed by atoms with Gasteiger partial charge in [0.2, 0.25) is 10.0 Å². The first-order valence-corrected chi connectivity index (χ1v) is 11.1. The van der Waals surface area contributed by atoms with Gasteiger partial charge in [-0.25, -0.2) is 8.42 Å². The summed E-state index contributed by atoms with van der Waals surface area (Å²) in [6.45, 7) is 11.5. The number of rotatable bonds is 11. The Kier molecular flexibility index (Phi) is 8.38. The number of para-hydroxylation sites is 1. The first kappa shape index (κ1) is 23.4. The monoisotopic (exact) mass is 428 g/mol. The highest BCUT2D eigenvalue weighted by Gasteiger charge is 2.22. The van der Waals surface area contributed by atoms with Crippen LogP contribution in [0.1, 0.15) is 25.3 Å². The van der Waals surface area contributed by atoms with Crippen molar-refractivity contribution in [3.63, 3.8) is 0 Å². The second-order valence-electron chi connectivity index (χ2n) is 6.95. The molecule has 6 nitrogen and oxygen atoms in total. The van der Waals surface area contributed by atoms with Crippen molar-refractivity contribution < 1.29 is 17.9 Å². The Bertz CT molecular complexity index is 973. The number of nitrogens with one attached hydrogen (secondary N) is 1. The largest absolute Gasteiger partial charge is 0.483 e. The quantitative estimate of drug-likeness (QED) is 0.545. The average molecular weight is 429 g/mol. The molecule has 0 fully saturated rings. The first-order valence-electron chi connectivity index (χ1n) is 9.63. The van der Waals surface area contributed by atoms with Crippen LogP contribution in [-0.4, -0.2) is 38.3 Å². The molecule has 0 aliphatic heterocycles. The van der Waals surface area contributed by atoms with Gasteiger partial charge in [0.1, 0.15) is 5.75 Å². The molecule has 0 unspecified atom stereocenters. The van der Waals surface area contributed by atoms with E-state index in [0.29, 0.717) is 11.4 Å². The molecule has 30 heavy (non-hydrogen) atoms. The van der Waals surface area contributed by atoms with Crippen molar-refractivity contribution >= 4 is 21.6 Å². The molecule has 0 aliphatic carbocycles. The van der Waals surface area contributed by atoms with Crippen molar-refractivity contribution in [3.8, 4) is 5.75 Å². The fourth-order valence-corrected chi connectivity index (χ4v) is 4.23. The van der Waals surface area contributed by atoms with Crippen molar-refractivity contribution in [1.82, 2.24) is 4.31 Å². The molecule has 0 heterocycles. The van der Waals surface area contributed by atoms with Crippen LogP contribution < -0.4 is 10.1 Å². The molecule has 0 aromatic heterocycles. The van der Waals surface area contributed by atoms with Crippen molar-refractivity contribution in [1.29, 1.82) is 0 Å². The van der Waals surface area contributed by atoms with Gasteiger partial charge in [-0.15, -0.1) is 13.2 Å². The van der Waals surface area contributed by atoms with Crippen LogP contribution in [0.3, 0.4) is 0 Å². The van der Waals surface area contributed by atoms with E-state index in [1.165, 1.54) is 28.6 Å². The average Bonchev–Trinajstić information content (AvgIpc) is 2.72. The van der Waals surface area contributed by atoms with Crippen LogP contribution in [0.15, 0.2) is 78.7 Å². The van der Waals surface area contributed by atoms with Crippen LogP contribution in [0, 0.1) is 0 Å². The second-order valence-corrected chi connectivity index (χ2v) is 8.89. The van der Waals surface area contributed by atoms with Gasteiger partial charge in [0.25, 0.3) is 5.91 Å². The molecule has 0 saturated heterocycles. The Morgan fingerprint density at radius 2 is 1.67 bits per heavy atom. The summed E-state index contributed by atoms with van der Waals surface area (Å²) in [5, 5.41) is 2.71. The number of nitrogens with zero attached hydrogens (tertiary/aromatic N) is 1. The van der Waals surface area contributed by atoms with E-state index in [1.807, 2.05) is 24.3 Å². The molecule has 7 heteroatoms. The standard InChI is InChI=1S/C23H28N2O4S/c1-5-15-25(16-6-2)30(27,28)20-13-11-19(12-14-20)24-23(26)17-29-22-10-8-7-9-21(22)18(3)4/h5-14,18H,1-2,15-17H2,3-4H3,(H,24,26). The van der Waals surface area contributed by atoms with Crippen LogP contribution >= 0.6 is 0 Å². The lowest BCUT2D eigenvalue weighted by molar-refractivity contribution is -0.118. The lowest BCUT2D eigenvalue weighted by Gasteiger charge is -2.19. The summed E-state index contributed by atoms with van der Waals surface area (Å²) < 4.78 is 32.4. The van der Waals surface area contributed by atoms with Gasteiger partial charge in [0.15, 0.2) is 6.61 Å². The van der Waals surface area contributed by atoms with Gasteiger partial charge in [-0.3, -0.25) is 4.79 Å². The highest BCUT2D eigenvalue weighted by Crippen LogP contribution is 2.26. The summed E-state index contributed by atoms with van der Waals surface area (Å²) in [5.74, 6) is 0.623. The molecule has 0 atom stereocenters. The zero-order chi connectivity index (χ0) is 22.1.